The maximum Gasteiger partial charge on any atom is 0.268 e. The van der Waals surface area contributed by atoms with Gasteiger partial charge in [-0.2, -0.15) is 0 Å². The summed E-state index contributed by atoms with van der Waals surface area (Å²) in [5, 5.41) is 6.70. The fourth-order valence-corrected chi connectivity index (χ4v) is 3.21. The molecule has 0 radical (unpaired) electrons. The van der Waals surface area contributed by atoms with Crippen molar-refractivity contribution >= 4 is 28.8 Å². The first-order chi connectivity index (χ1) is 13.9. The molecular weight excluding hydrogens is 362 g/mol. The first-order valence-electron chi connectivity index (χ1n) is 9.87. The van der Waals surface area contributed by atoms with Crippen LogP contribution in [-0.2, 0) is 11.3 Å². The average molecular weight is 389 g/mol. The Morgan fingerprint density at radius 2 is 1.76 bits per heavy atom. The van der Waals surface area contributed by atoms with Gasteiger partial charge in [-0.1, -0.05) is 35.9 Å². The van der Waals surface area contributed by atoms with E-state index in [0.717, 1.165) is 28.6 Å². The number of para-hydroxylation sites is 1. The zero-order valence-corrected chi connectivity index (χ0v) is 17.3. The Hall–Kier alpha value is -3.34. The molecule has 0 aliphatic rings. The summed E-state index contributed by atoms with van der Waals surface area (Å²) in [6.07, 6.45) is 3.75. The Balaban J connectivity index is 2.00. The van der Waals surface area contributed by atoms with Crippen LogP contribution in [-0.4, -0.2) is 22.4 Å². The molecule has 0 saturated heterocycles. The Morgan fingerprint density at radius 3 is 2.41 bits per heavy atom. The summed E-state index contributed by atoms with van der Waals surface area (Å²) in [6.45, 7) is 8.64. The second kappa shape index (κ2) is 8.78. The Kier molecular flexibility index (Phi) is 6.17. The highest BCUT2D eigenvalue weighted by Gasteiger charge is 2.17. The van der Waals surface area contributed by atoms with Gasteiger partial charge < -0.3 is 15.2 Å². The standard InChI is InChI=1S/C24H27N3O2/c1-5-27-15-19(20-8-6-7-9-22(20)27)14-21(24(29)25-16(2)3)26-23(28)18-12-10-17(4)11-13-18/h6-16H,5H2,1-4H3,(H,25,29)(H,26,28)/b21-14-. The molecule has 2 aromatic carbocycles. The molecule has 0 fully saturated rings. The maximum atomic E-state index is 12.8. The number of aromatic nitrogens is 1. The van der Waals surface area contributed by atoms with Crippen LogP contribution < -0.4 is 10.6 Å². The molecule has 5 heteroatoms. The SMILES string of the molecule is CCn1cc(/C=C(\NC(=O)c2ccc(C)cc2)C(=O)NC(C)C)c2ccccc21. The molecule has 2 amide bonds. The fraction of sp³-hybridized carbons (Fsp3) is 0.250. The third-order valence-electron chi connectivity index (χ3n) is 4.69. The van der Waals surface area contributed by atoms with Crippen molar-refractivity contribution in [3.8, 4) is 0 Å². The number of aryl methyl sites for hydroxylation is 2. The van der Waals surface area contributed by atoms with Crippen LogP contribution in [0.15, 0.2) is 60.4 Å². The zero-order chi connectivity index (χ0) is 21.0. The molecule has 3 rings (SSSR count). The number of hydrogen-bond acceptors (Lipinski definition) is 2. The molecule has 1 heterocycles. The molecule has 2 N–H and O–H groups in total. The number of rotatable bonds is 6. The minimum absolute atomic E-state index is 0.0424. The van der Waals surface area contributed by atoms with Gasteiger partial charge in [0.25, 0.3) is 11.8 Å². The fourth-order valence-electron chi connectivity index (χ4n) is 3.21. The minimum atomic E-state index is -0.311. The van der Waals surface area contributed by atoms with E-state index in [1.54, 1.807) is 18.2 Å². The summed E-state index contributed by atoms with van der Waals surface area (Å²) in [7, 11) is 0. The van der Waals surface area contributed by atoms with Crippen molar-refractivity contribution in [2.24, 2.45) is 0 Å². The van der Waals surface area contributed by atoms with Crippen molar-refractivity contribution in [1.29, 1.82) is 0 Å². The lowest BCUT2D eigenvalue weighted by molar-refractivity contribution is -0.118. The predicted molar refractivity (Wildman–Crippen MR) is 118 cm³/mol. The van der Waals surface area contributed by atoms with Crippen LogP contribution in [0.4, 0.5) is 0 Å². The normalized spacial score (nSPS) is 11.7. The molecule has 0 unspecified atom stereocenters. The smallest absolute Gasteiger partial charge is 0.268 e. The van der Waals surface area contributed by atoms with Crippen molar-refractivity contribution in [3.05, 3.63) is 77.1 Å². The van der Waals surface area contributed by atoms with E-state index in [4.69, 9.17) is 0 Å². The van der Waals surface area contributed by atoms with E-state index < -0.39 is 0 Å². The summed E-state index contributed by atoms with van der Waals surface area (Å²) in [5.74, 6) is -0.622. The molecule has 0 spiro atoms. The number of amides is 2. The summed E-state index contributed by atoms with van der Waals surface area (Å²) >= 11 is 0. The highest BCUT2D eigenvalue weighted by molar-refractivity contribution is 6.06. The van der Waals surface area contributed by atoms with Gasteiger partial charge in [0.2, 0.25) is 0 Å². The van der Waals surface area contributed by atoms with E-state index in [-0.39, 0.29) is 23.6 Å². The van der Waals surface area contributed by atoms with E-state index >= 15 is 0 Å². The quantitative estimate of drug-likeness (QED) is 0.619. The molecule has 0 saturated carbocycles. The highest BCUT2D eigenvalue weighted by Crippen LogP contribution is 2.23. The van der Waals surface area contributed by atoms with Crippen molar-refractivity contribution in [3.63, 3.8) is 0 Å². The molecule has 150 valence electrons. The van der Waals surface area contributed by atoms with Gasteiger partial charge in [0, 0.05) is 40.8 Å². The lowest BCUT2D eigenvalue weighted by atomic mass is 10.1. The maximum absolute atomic E-state index is 12.8. The van der Waals surface area contributed by atoms with Crippen molar-refractivity contribution in [1.82, 2.24) is 15.2 Å². The van der Waals surface area contributed by atoms with Gasteiger partial charge in [0.1, 0.15) is 5.70 Å². The molecule has 0 atom stereocenters. The summed E-state index contributed by atoms with van der Waals surface area (Å²) in [5.41, 5.74) is 3.79. The van der Waals surface area contributed by atoms with Gasteiger partial charge in [-0.3, -0.25) is 9.59 Å². The Bertz CT molecular complexity index is 1060. The van der Waals surface area contributed by atoms with Gasteiger partial charge in [-0.05, 0) is 52.0 Å². The van der Waals surface area contributed by atoms with Crippen LogP contribution in [0.1, 0.15) is 42.3 Å². The summed E-state index contributed by atoms with van der Waals surface area (Å²) in [4.78, 5) is 25.5. The first kappa shape index (κ1) is 20.4. The van der Waals surface area contributed by atoms with Crippen LogP contribution in [0.3, 0.4) is 0 Å². The van der Waals surface area contributed by atoms with Gasteiger partial charge in [-0.15, -0.1) is 0 Å². The van der Waals surface area contributed by atoms with E-state index in [2.05, 4.69) is 28.2 Å². The zero-order valence-electron chi connectivity index (χ0n) is 17.3. The number of nitrogens with zero attached hydrogens (tertiary/aromatic N) is 1. The van der Waals surface area contributed by atoms with Crippen LogP contribution in [0.25, 0.3) is 17.0 Å². The number of nitrogens with one attached hydrogen (secondary N) is 2. The van der Waals surface area contributed by atoms with E-state index in [9.17, 15) is 9.59 Å². The second-order valence-electron chi connectivity index (χ2n) is 7.39. The third kappa shape index (κ3) is 4.74. The lowest BCUT2D eigenvalue weighted by Gasteiger charge is -2.13. The Labute approximate surface area is 171 Å². The Morgan fingerprint density at radius 1 is 1.07 bits per heavy atom. The first-order valence-corrected chi connectivity index (χ1v) is 9.87. The predicted octanol–water partition coefficient (Wildman–Crippen LogP) is 4.27. The van der Waals surface area contributed by atoms with E-state index in [1.165, 1.54) is 0 Å². The summed E-state index contributed by atoms with van der Waals surface area (Å²) < 4.78 is 2.13. The molecular formula is C24H27N3O2. The molecule has 0 aliphatic heterocycles. The van der Waals surface area contributed by atoms with E-state index in [1.807, 2.05) is 57.3 Å². The topological polar surface area (TPSA) is 63.1 Å². The van der Waals surface area contributed by atoms with Crippen LogP contribution in [0, 0.1) is 6.92 Å². The number of benzene rings is 2. The van der Waals surface area contributed by atoms with Crippen molar-refractivity contribution < 1.29 is 9.59 Å². The van der Waals surface area contributed by atoms with E-state index in [0.29, 0.717) is 5.56 Å². The average Bonchev–Trinajstić information content (AvgIpc) is 3.05. The highest BCUT2D eigenvalue weighted by atomic mass is 16.2. The molecule has 29 heavy (non-hydrogen) atoms. The van der Waals surface area contributed by atoms with Crippen LogP contribution in [0.2, 0.25) is 0 Å². The second-order valence-corrected chi connectivity index (χ2v) is 7.39. The summed E-state index contributed by atoms with van der Waals surface area (Å²) in [6, 6.07) is 15.3. The molecule has 5 nitrogen and oxygen atoms in total. The lowest BCUT2D eigenvalue weighted by Crippen LogP contribution is -2.38. The van der Waals surface area contributed by atoms with Crippen LogP contribution >= 0.6 is 0 Å². The van der Waals surface area contributed by atoms with Gasteiger partial charge >= 0.3 is 0 Å². The molecule has 1 aromatic heterocycles. The monoisotopic (exact) mass is 389 g/mol. The molecule has 3 aromatic rings. The number of carbonyl (C=O) groups excluding carboxylic acids is 2. The number of hydrogen-bond donors (Lipinski definition) is 2. The van der Waals surface area contributed by atoms with Gasteiger partial charge in [0.05, 0.1) is 0 Å². The molecule has 0 bridgehead atoms. The number of fused-ring (bicyclic) bond motifs is 1. The third-order valence-corrected chi connectivity index (χ3v) is 4.69. The largest absolute Gasteiger partial charge is 0.349 e. The van der Waals surface area contributed by atoms with Gasteiger partial charge in [0.15, 0.2) is 0 Å². The van der Waals surface area contributed by atoms with Crippen LogP contribution in [0.5, 0.6) is 0 Å². The minimum Gasteiger partial charge on any atom is -0.349 e. The van der Waals surface area contributed by atoms with Crippen molar-refractivity contribution in [2.45, 2.75) is 40.3 Å². The molecule has 0 aliphatic carbocycles. The number of carbonyl (C=O) groups is 2. The van der Waals surface area contributed by atoms with Crippen molar-refractivity contribution in [2.75, 3.05) is 0 Å². The van der Waals surface area contributed by atoms with Gasteiger partial charge in [-0.25, -0.2) is 0 Å².